The summed E-state index contributed by atoms with van der Waals surface area (Å²) in [6.45, 7) is 2.34. The fourth-order valence-corrected chi connectivity index (χ4v) is 2.43. The van der Waals surface area contributed by atoms with E-state index in [0.29, 0.717) is 26.4 Å². The zero-order chi connectivity index (χ0) is 12.5. The normalized spacial score (nSPS) is 10.5. The molecule has 0 bridgehead atoms. The molecule has 96 valence electrons. The Balaban J connectivity index is 2.27. The third kappa shape index (κ3) is 5.86. The fraction of sp³-hybridized carbons (Fsp3) is 0.500. The minimum absolute atomic E-state index is 0.549. The minimum Gasteiger partial charge on any atom is -0.491 e. The smallest absolute Gasteiger partial charge is 0.119 e. The van der Waals surface area contributed by atoms with E-state index in [2.05, 4.69) is 31.9 Å². The van der Waals surface area contributed by atoms with Crippen molar-refractivity contribution in [3.8, 4) is 5.75 Å². The molecule has 0 heterocycles. The van der Waals surface area contributed by atoms with Gasteiger partial charge in [0.15, 0.2) is 0 Å². The van der Waals surface area contributed by atoms with Crippen molar-refractivity contribution in [3.63, 3.8) is 0 Å². The molecule has 0 saturated heterocycles. The predicted octanol–water partition coefficient (Wildman–Crippen LogP) is 3.39. The Bertz CT molecular complexity index is 332. The summed E-state index contributed by atoms with van der Waals surface area (Å²) in [4.78, 5) is 0. The van der Waals surface area contributed by atoms with Crippen molar-refractivity contribution in [3.05, 3.63) is 28.2 Å². The molecule has 1 aromatic rings. The van der Waals surface area contributed by atoms with Gasteiger partial charge in [-0.1, -0.05) is 31.9 Å². The summed E-state index contributed by atoms with van der Waals surface area (Å²) in [5.41, 5.74) is 1.17. The third-order valence-corrected chi connectivity index (χ3v) is 3.47. The van der Waals surface area contributed by atoms with Gasteiger partial charge in [0.1, 0.15) is 12.4 Å². The Morgan fingerprint density at radius 2 is 1.88 bits per heavy atom. The Hall–Kier alpha value is -0.100. The molecule has 0 aliphatic rings. The number of methoxy groups -OCH3 is 1. The third-order valence-electron chi connectivity index (χ3n) is 2.09. The second-order valence-corrected chi connectivity index (χ2v) is 4.76. The molecule has 1 rings (SSSR count). The van der Waals surface area contributed by atoms with Crippen molar-refractivity contribution >= 4 is 31.9 Å². The number of benzene rings is 1. The van der Waals surface area contributed by atoms with E-state index >= 15 is 0 Å². The molecule has 0 atom stereocenters. The molecule has 17 heavy (non-hydrogen) atoms. The van der Waals surface area contributed by atoms with Gasteiger partial charge in [0.25, 0.3) is 0 Å². The molecule has 0 unspecified atom stereocenters. The molecule has 0 amide bonds. The van der Waals surface area contributed by atoms with Crippen molar-refractivity contribution < 1.29 is 14.2 Å². The summed E-state index contributed by atoms with van der Waals surface area (Å²) in [6.07, 6.45) is 0. The second-order valence-electron chi connectivity index (χ2n) is 3.34. The maximum Gasteiger partial charge on any atom is 0.119 e. The van der Waals surface area contributed by atoms with E-state index in [1.54, 1.807) is 7.11 Å². The summed E-state index contributed by atoms with van der Waals surface area (Å²) in [6, 6.07) is 5.93. The van der Waals surface area contributed by atoms with Crippen LogP contribution in [-0.4, -0.2) is 33.5 Å². The second kappa shape index (κ2) is 8.91. The van der Waals surface area contributed by atoms with Crippen molar-refractivity contribution in [1.82, 2.24) is 0 Å². The van der Waals surface area contributed by atoms with E-state index in [0.717, 1.165) is 15.6 Å². The maximum absolute atomic E-state index is 5.58. The van der Waals surface area contributed by atoms with Crippen LogP contribution >= 0.6 is 31.9 Å². The van der Waals surface area contributed by atoms with Gasteiger partial charge >= 0.3 is 0 Å². The van der Waals surface area contributed by atoms with Crippen LogP contribution in [0.25, 0.3) is 0 Å². The van der Waals surface area contributed by atoms with Crippen LogP contribution in [0.15, 0.2) is 22.7 Å². The van der Waals surface area contributed by atoms with Gasteiger partial charge in [0.05, 0.1) is 19.8 Å². The lowest BCUT2D eigenvalue weighted by Crippen LogP contribution is -2.10. The van der Waals surface area contributed by atoms with Gasteiger partial charge in [-0.2, -0.15) is 0 Å². The highest BCUT2D eigenvalue weighted by molar-refractivity contribution is 9.10. The first-order valence-electron chi connectivity index (χ1n) is 5.31. The highest BCUT2D eigenvalue weighted by Crippen LogP contribution is 2.24. The van der Waals surface area contributed by atoms with E-state index < -0.39 is 0 Å². The van der Waals surface area contributed by atoms with Gasteiger partial charge in [-0.15, -0.1) is 0 Å². The fourth-order valence-electron chi connectivity index (χ4n) is 1.21. The van der Waals surface area contributed by atoms with Crippen LogP contribution in [0.5, 0.6) is 5.75 Å². The van der Waals surface area contributed by atoms with E-state index in [4.69, 9.17) is 14.2 Å². The molecule has 0 aliphatic heterocycles. The van der Waals surface area contributed by atoms with Crippen molar-refractivity contribution in [2.24, 2.45) is 0 Å². The Labute approximate surface area is 119 Å². The lowest BCUT2D eigenvalue weighted by molar-refractivity contribution is 0.0544. The lowest BCUT2D eigenvalue weighted by atomic mass is 10.2. The summed E-state index contributed by atoms with van der Waals surface area (Å²) in [5.74, 6) is 0.859. The average molecular weight is 368 g/mol. The predicted molar refractivity (Wildman–Crippen MR) is 75.0 cm³/mol. The summed E-state index contributed by atoms with van der Waals surface area (Å²) in [7, 11) is 1.66. The SMILES string of the molecule is COCCOCCOc1ccc(Br)c(CBr)c1. The van der Waals surface area contributed by atoms with Gasteiger partial charge in [0, 0.05) is 16.9 Å². The highest BCUT2D eigenvalue weighted by Gasteiger charge is 2.01. The van der Waals surface area contributed by atoms with Gasteiger partial charge in [-0.3, -0.25) is 0 Å². The molecular formula is C12H16Br2O3. The van der Waals surface area contributed by atoms with Crippen molar-refractivity contribution in [2.45, 2.75) is 5.33 Å². The molecule has 0 aromatic heterocycles. The largest absolute Gasteiger partial charge is 0.491 e. The lowest BCUT2D eigenvalue weighted by Gasteiger charge is -2.09. The molecule has 3 nitrogen and oxygen atoms in total. The number of halogens is 2. The van der Waals surface area contributed by atoms with E-state index in [9.17, 15) is 0 Å². The van der Waals surface area contributed by atoms with E-state index in [1.165, 1.54) is 5.56 Å². The first kappa shape index (κ1) is 15.0. The maximum atomic E-state index is 5.58. The van der Waals surface area contributed by atoms with Gasteiger partial charge in [0.2, 0.25) is 0 Å². The molecule has 0 spiro atoms. The molecule has 1 aromatic carbocycles. The molecule has 0 aliphatic carbocycles. The quantitative estimate of drug-likeness (QED) is 0.520. The number of rotatable bonds is 8. The highest BCUT2D eigenvalue weighted by atomic mass is 79.9. The summed E-state index contributed by atoms with van der Waals surface area (Å²) < 4.78 is 16.8. The summed E-state index contributed by atoms with van der Waals surface area (Å²) >= 11 is 6.91. The molecule has 5 heteroatoms. The summed E-state index contributed by atoms with van der Waals surface area (Å²) in [5, 5.41) is 0.801. The van der Waals surface area contributed by atoms with Crippen LogP contribution in [-0.2, 0) is 14.8 Å². The Morgan fingerprint density at radius 3 is 2.59 bits per heavy atom. The van der Waals surface area contributed by atoms with Gasteiger partial charge in [-0.25, -0.2) is 0 Å². The number of ether oxygens (including phenoxy) is 3. The Kier molecular flexibility index (Phi) is 7.84. The van der Waals surface area contributed by atoms with Crippen LogP contribution in [0.2, 0.25) is 0 Å². The van der Waals surface area contributed by atoms with Crippen LogP contribution in [0.3, 0.4) is 0 Å². The number of hydrogen-bond donors (Lipinski definition) is 0. The van der Waals surface area contributed by atoms with Crippen LogP contribution in [0.4, 0.5) is 0 Å². The van der Waals surface area contributed by atoms with Gasteiger partial charge < -0.3 is 14.2 Å². The standard InChI is InChI=1S/C12H16Br2O3/c1-15-4-5-16-6-7-17-11-2-3-12(14)10(8-11)9-13/h2-3,8H,4-7,9H2,1H3. The topological polar surface area (TPSA) is 27.7 Å². The number of hydrogen-bond acceptors (Lipinski definition) is 3. The zero-order valence-corrected chi connectivity index (χ0v) is 12.9. The monoisotopic (exact) mass is 366 g/mol. The average Bonchev–Trinajstić information content (AvgIpc) is 2.35. The van der Waals surface area contributed by atoms with Crippen LogP contribution in [0, 0.1) is 0 Å². The van der Waals surface area contributed by atoms with Crippen LogP contribution in [0.1, 0.15) is 5.56 Å². The van der Waals surface area contributed by atoms with Gasteiger partial charge in [-0.05, 0) is 23.8 Å². The molecule has 0 radical (unpaired) electrons. The van der Waals surface area contributed by atoms with E-state index in [-0.39, 0.29) is 0 Å². The first-order valence-corrected chi connectivity index (χ1v) is 7.23. The van der Waals surface area contributed by atoms with E-state index in [1.807, 2.05) is 18.2 Å². The van der Waals surface area contributed by atoms with Crippen molar-refractivity contribution in [1.29, 1.82) is 0 Å². The first-order chi connectivity index (χ1) is 8.27. The molecule has 0 fully saturated rings. The zero-order valence-electron chi connectivity index (χ0n) is 9.75. The minimum atomic E-state index is 0.549. The Morgan fingerprint density at radius 1 is 1.12 bits per heavy atom. The number of alkyl halides is 1. The van der Waals surface area contributed by atoms with Crippen LogP contribution < -0.4 is 4.74 Å². The molecular weight excluding hydrogens is 352 g/mol. The molecule has 0 saturated carbocycles. The molecule has 0 N–H and O–H groups in total. The van der Waals surface area contributed by atoms with Crippen molar-refractivity contribution in [2.75, 3.05) is 33.5 Å².